The van der Waals surface area contributed by atoms with Crippen molar-refractivity contribution in [3.8, 4) is 0 Å². The second kappa shape index (κ2) is 6.85. The number of hydrogen-bond acceptors (Lipinski definition) is 4. The number of imidazole rings is 1. The molecule has 0 saturated carbocycles. The van der Waals surface area contributed by atoms with Gasteiger partial charge in [-0.1, -0.05) is 45.4 Å². The van der Waals surface area contributed by atoms with Crippen molar-refractivity contribution in [1.29, 1.82) is 0 Å². The predicted molar refractivity (Wildman–Crippen MR) is 89.7 cm³/mol. The lowest BCUT2D eigenvalue weighted by atomic mass is 10.4. The Morgan fingerprint density at radius 2 is 2.24 bits per heavy atom. The number of thioether (sulfide) groups is 1. The third-order valence-electron chi connectivity index (χ3n) is 2.84. The van der Waals surface area contributed by atoms with Gasteiger partial charge in [0.05, 0.1) is 0 Å². The zero-order chi connectivity index (χ0) is 15.6. The van der Waals surface area contributed by atoms with Crippen LogP contribution < -0.4 is 11.2 Å². The van der Waals surface area contributed by atoms with Gasteiger partial charge in [-0.3, -0.25) is 14.3 Å². The lowest BCUT2D eigenvalue weighted by Gasteiger charge is -2.05. The molecule has 0 saturated heterocycles. The van der Waals surface area contributed by atoms with Crippen LogP contribution in [-0.2, 0) is 13.6 Å². The summed E-state index contributed by atoms with van der Waals surface area (Å²) in [6.45, 7) is 2.20. The number of alkyl halides is 1. The number of nitrogens with zero attached hydrogens (tertiary/aromatic N) is 3. The first-order valence-electron chi connectivity index (χ1n) is 6.16. The summed E-state index contributed by atoms with van der Waals surface area (Å²) in [6.07, 6.45) is 1.80. The van der Waals surface area contributed by atoms with Crippen LogP contribution in [0.4, 0.5) is 0 Å². The number of aryl methyl sites for hydroxylation is 1. The average Bonchev–Trinajstić information content (AvgIpc) is 2.79. The van der Waals surface area contributed by atoms with Gasteiger partial charge < -0.3 is 4.57 Å². The maximum absolute atomic E-state index is 12.1. The van der Waals surface area contributed by atoms with E-state index in [0.717, 1.165) is 11.1 Å². The summed E-state index contributed by atoms with van der Waals surface area (Å²) in [7, 11) is 1.58. The van der Waals surface area contributed by atoms with E-state index in [0.29, 0.717) is 27.9 Å². The molecule has 0 unspecified atom stereocenters. The number of hydrogen-bond donors (Lipinski definition) is 1. The van der Waals surface area contributed by atoms with Gasteiger partial charge in [-0.15, -0.1) is 0 Å². The van der Waals surface area contributed by atoms with Crippen LogP contribution in [0.15, 0.2) is 25.9 Å². The molecule has 0 fully saturated rings. The monoisotopic (exact) mass is 392 g/mol. The summed E-state index contributed by atoms with van der Waals surface area (Å²) >= 11 is 10.7. The van der Waals surface area contributed by atoms with Gasteiger partial charge >= 0.3 is 5.69 Å². The van der Waals surface area contributed by atoms with E-state index in [1.54, 1.807) is 24.6 Å². The Hall–Kier alpha value is -0.990. The van der Waals surface area contributed by atoms with Crippen LogP contribution in [0.2, 0.25) is 0 Å². The zero-order valence-corrected chi connectivity index (χ0v) is 14.7. The van der Waals surface area contributed by atoms with Crippen molar-refractivity contribution in [3.63, 3.8) is 0 Å². The number of rotatable bonds is 5. The zero-order valence-electron chi connectivity index (χ0n) is 11.5. The SMILES string of the molecule is CC(Cl)=CCn1c(SCCBr)nc2c1c(=O)[nH]c(=O)n2C. The third kappa shape index (κ3) is 3.44. The summed E-state index contributed by atoms with van der Waals surface area (Å²) in [5.74, 6) is 0.804. The molecule has 0 amide bonds. The largest absolute Gasteiger partial charge is 0.329 e. The minimum atomic E-state index is -0.474. The summed E-state index contributed by atoms with van der Waals surface area (Å²) in [6, 6.07) is 0. The van der Waals surface area contributed by atoms with Crippen LogP contribution in [0, 0.1) is 0 Å². The normalized spacial score (nSPS) is 12.3. The second-order valence-electron chi connectivity index (χ2n) is 4.32. The number of fused-ring (bicyclic) bond motifs is 1. The van der Waals surface area contributed by atoms with Gasteiger partial charge in [0.15, 0.2) is 16.3 Å². The molecule has 0 aromatic carbocycles. The van der Waals surface area contributed by atoms with Crippen molar-refractivity contribution in [2.45, 2.75) is 18.6 Å². The standard InChI is InChI=1S/C12H14BrClN4O2S/c1-7(14)3-5-18-8-9(15-12(18)21-6-4-13)17(2)11(20)16-10(8)19/h3H,4-6H2,1-2H3,(H,16,19,20). The van der Waals surface area contributed by atoms with Gasteiger partial charge in [0, 0.05) is 29.7 Å². The topological polar surface area (TPSA) is 72.7 Å². The fraction of sp³-hybridized carbons (Fsp3) is 0.417. The van der Waals surface area contributed by atoms with Crippen molar-refractivity contribution in [2.24, 2.45) is 7.05 Å². The molecule has 0 aliphatic carbocycles. The van der Waals surface area contributed by atoms with Gasteiger partial charge in [-0.25, -0.2) is 9.78 Å². The van der Waals surface area contributed by atoms with E-state index in [2.05, 4.69) is 25.9 Å². The Balaban J connectivity index is 2.70. The highest BCUT2D eigenvalue weighted by Crippen LogP contribution is 2.22. The molecule has 6 nitrogen and oxygen atoms in total. The van der Waals surface area contributed by atoms with Crippen molar-refractivity contribution >= 4 is 50.5 Å². The molecule has 2 heterocycles. The Kier molecular flexibility index (Phi) is 5.34. The lowest BCUT2D eigenvalue weighted by Crippen LogP contribution is -2.29. The van der Waals surface area contributed by atoms with Crippen LogP contribution in [0.5, 0.6) is 0 Å². The Morgan fingerprint density at radius 1 is 1.52 bits per heavy atom. The first kappa shape index (κ1) is 16.4. The van der Waals surface area contributed by atoms with Crippen molar-refractivity contribution in [1.82, 2.24) is 19.1 Å². The highest BCUT2D eigenvalue weighted by Gasteiger charge is 2.16. The molecule has 114 valence electrons. The number of aromatic amines is 1. The molecule has 0 atom stereocenters. The van der Waals surface area contributed by atoms with Crippen molar-refractivity contribution in [2.75, 3.05) is 11.1 Å². The van der Waals surface area contributed by atoms with E-state index in [-0.39, 0.29) is 0 Å². The van der Waals surface area contributed by atoms with Crippen molar-refractivity contribution < 1.29 is 0 Å². The van der Waals surface area contributed by atoms with Gasteiger partial charge in [-0.2, -0.15) is 0 Å². The fourth-order valence-electron chi connectivity index (χ4n) is 1.84. The van der Waals surface area contributed by atoms with E-state index in [9.17, 15) is 9.59 Å². The molecule has 9 heteroatoms. The molecule has 0 radical (unpaired) electrons. The van der Waals surface area contributed by atoms with Crippen LogP contribution >= 0.6 is 39.3 Å². The Labute approximate surface area is 138 Å². The molecule has 0 aliphatic rings. The molecular weight excluding hydrogens is 380 g/mol. The minimum absolute atomic E-state index is 0.376. The molecule has 0 aliphatic heterocycles. The number of nitrogens with one attached hydrogen (secondary N) is 1. The number of allylic oxidation sites excluding steroid dienone is 2. The summed E-state index contributed by atoms with van der Waals surface area (Å²) in [5.41, 5.74) is -0.157. The maximum Gasteiger partial charge on any atom is 0.329 e. The van der Waals surface area contributed by atoms with E-state index in [1.807, 2.05) is 0 Å². The van der Waals surface area contributed by atoms with E-state index in [1.165, 1.54) is 16.3 Å². The van der Waals surface area contributed by atoms with Crippen LogP contribution in [0.25, 0.3) is 11.2 Å². The molecule has 2 rings (SSSR count). The van der Waals surface area contributed by atoms with Gasteiger partial charge in [0.25, 0.3) is 5.56 Å². The Bertz CT molecular complexity index is 804. The van der Waals surface area contributed by atoms with Crippen LogP contribution in [0.1, 0.15) is 6.92 Å². The maximum atomic E-state index is 12.1. The first-order valence-corrected chi connectivity index (χ1v) is 8.64. The summed E-state index contributed by atoms with van der Waals surface area (Å²) in [5, 5.41) is 2.13. The van der Waals surface area contributed by atoms with E-state index >= 15 is 0 Å². The van der Waals surface area contributed by atoms with Gasteiger partial charge in [0.2, 0.25) is 0 Å². The number of H-pyrrole nitrogens is 1. The number of halogens is 2. The summed E-state index contributed by atoms with van der Waals surface area (Å²) in [4.78, 5) is 30.5. The second-order valence-corrected chi connectivity index (χ2v) is 6.78. The molecule has 1 N–H and O–H groups in total. The van der Waals surface area contributed by atoms with Crippen LogP contribution in [-0.4, -0.2) is 30.2 Å². The van der Waals surface area contributed by atoms with Gasteiger partial charge in [0.1, 0.15) is 0 Å². The highest BCUT2D eigenvalue weighted by atomic mass is 79.9. The average molecular weight is 394 g/mol. The van der Waals surface area contributed by atoms with Crippen molar-refractivity contribution in [3.05, 3.63) is 31.9 Å². The first-order chi connectivity index (χ1) is 9.95. The van der Waals surface area contributed by atoms with Crippen LogP contribution in [0.3, 0.4) is 0 Å². The molecule has 0 bridgehead atoms. The van der Waals surface area contributed by atoms with E-state index in [4.69, 9.17) is 11.6 Å². The fourth-order valence-corrected chi connectivity index (χ4v) is 3.13. The molecule has 21 heavy (non-hydrogen) atoms. The van der Waals surface area contributed by atoms with Gasteiger partial charge in [-0.05, 0) is 6.92 Å². The smallest absolute Gasteiger partial charge is 0.309 e. The molecular formula is C12H14BrClN4O2S. The highest BCUT2D eigenvalue weighted by molar-refractivity contribution is 9.09. The third-order valence-corrected chi connectivity index (χ3v) is 4.89. The minimum Gasteiger partial charge on any atom is -0.309 e. The molecule has 0 spiro atoms. The molecule has 2 aromatic rings. The number of aromatic nitrogens is 4. The quantitative estimate of drug-likeness (QED) is 0.623. The lowest BCUT2D eigenvalue weighted by molar-refractivity contribution is 0.743. The Morgan fingerprint density at radius 3 is 2.86 bits per heavy atom. The molecule has 2 aromatic heterocycles. The summed E-state index contributed by atoms with van der Waals surface area (Å²) < 4.78 is 3.11. The van der Waals surface area contributed by atoms with E-state index < -0.39 is 11.2 Å². The predicted octanol–water partition coefficient (Wildman–Crippen LogP) is 2.05.